The zero-order valence-corrected chi connectivity index (χ0v) is 8.32. The molecule has 1 aliphatic carbocycles. The van der Waals surface area contributed by atoms with Crippen LogP contribution in [0.25, 0.3) is 6.08 Å². The number of esters is 1. The third-order valence-electron chi connectivity index (χ3n) is 2.41. The summed E-state index contributed by atoms with van der Waals surface area (Å²) in [7, 11) is 1.27. The van der Waals surface area contributed by atoms with Crippen LogP contribution in [0.5, 0.6) is 0 Å². The Bertz CT molecular complexity index is 458. The first kappa shape index (κ1) is 9.65. The average molecular weight is 202 g/mol. The lowest BCUT2D eigenvalue weighted by Gasteiger charge is -2.13. The van der Waals surface area contributed by atoms with Crippen LogP contribution in [0.15, 0.2) is 29.8 Å². The van der Waals surface area contributed by atoms with Crippen molar-refractivity contribution in [2.45, 2.75) is 6.42 Å². The highest BCUT2D eigenvalue weighted by Gasteiger charge is 2.23. The van der Waals surface area contributed by atoms with Crippen LogP contribution in [-0.2, 0) is 20.7 Å². The van der Waals surface area contributed by atoms with E-state index < -0.39 is 5.97 Å². The summed E-state index contributed by atoms with van der Waals surface area (Å²) in [6.07, 6.45) is 1.87. The van der Waals surface area contributed by atoms with Crippen molar-refractivity contribution in [1.29, 1.82) is 0 Å². The Balaban J connectivity index is 2.47. The maximum absolute atomic E-state index is 11.6. The van der Waals surface area contributed by atoms with E-state index in [-0.39, 0.29) is 17.8 Å². The second kappa shape index (κ2) is 3.69. The molecule has 0 saturated carbocycles. The SMILES string of the molecule is COC(=O)C1=Cc2ccccc2CC1=O. The molecule has 0 heterocycles. The number of ketones is 1. The van der Waals surface area contributed by atoms with Crippen molar-refractivity contribution in [3.8, 4) is 0 Å². The Kier molecular flexibility index (Phi) is 2.37. The van der Waals surface area contributed by atoms with Gasteiger partial charge in [-0.3, -0.25) is 4.79 Å². The van der Waals surface area contributed by atoms with Crippen LogP contribution >= 0.6 is 0 Å². The summed E-state index contributed by atoms with van der Waals surface area (Å²) in [5.41, 5.74) is 2.00. The highest BCUT2D eigenvalue weighted by molar-refractivity contribution is 6.22. The van der Waals surface area contributed by atoms with Gasteiger partial charge < -0.3 is 4.74 Å². The maximum atomic E-state index is 11.6. The molecule has 0 spiro atoms. The number of Topliss-reactive ketones (excluding diaryl/α,β-unsaturated/α-hetero) is 1. The van der Waals surface area contributed by atoms with Gasteiger partial charge in [0.1, 0.15) is 5.57 Å². The number of carbonyl (C=O) groups is 2. The molecule has 0 aliphatic heterocycles. The van der Waals surface area contributed by atoms with E-state index in [0.717, 1.165) is 11.1 Å². The molecule has 0 aromatic heterocycles. The van der Waals surface area contributed by atoms with Gasteiger partial charge in [-0.1, -0.05) is 24.3 Å². The van der Waals surface area contributed by atoms with Gasteiger partial charge in [0, 0.05) is 6.42 Å². The van der Waals surface area contributed by atoms with Gasteiger partial charge in [-0.2, -0.15) is 0 Å². The molecule has 2 rings (SSSR count). The minimum atomic E-state index is -0.561. The fourth-order valence-corrected chi connectivity index (χ4v) is 1.62. The molecular weight excluding hydrogens is 192 g/mol. The van der Waals surface area contributed by atoms with Crippen molar-refractivity contribution in [3.05, 3.63) is 41.0 Å². The van der Waals surface area contributed by atoms with Gasteiger partial charge in [0.2, 0.25) is 0 Å². The summed E-state index contributed by atoms with van der Waals surface area (Å²) in [5.74, 6) is -0.741. The molecule has 0 atom stereocenters. The maximum Gasteiger partial charge on any atom is 0.341 e. The van der Waals surface area contributed by atoms with Crippen LogP contribution in [0, 0.1) is 0 Å². The first-order valence-corrected chi connectivity index (χ1v) is 4.63. The van der Waals surface area contributed by atoms with E-state index in [2.05, 4.69) is 4.74 Å². The zero-order valence-electron chi connectivity index (χ0n) is 8.32. The Morgan fingerprint density at radius 2 is 2.07 bits per heavy atom. The second-order valence-electron chi connectivity index (χ2n) is 3.35. The zero-order chi connectivity index (χ0) is 10.8. The fourth-order valence-electron chi connectivity index (χ4n) is 1.62. The number of ether oxygens (including phenoxy) is 1. The Hall–Kier alpha value is -1.90. The van der Waals surface area contributed by atoms with Crippen molar-refractivity contribution in [3.63, 3.8) is 0 Å². The van der Waals surface area contributed by atoms with E-state index in [4.69, 9.17) is 0 Å². The molecule has 1 aromatic carbocycles. The minimum absolute atomic E-state index is 0.135. The number of benzene rings is 1. The van der Waals surface area contributed by atoms with E-state index >= 15 is 0 Å². The van der Waals surface area contributed by atoms with Crippen molar-refractivity contribution in [2.75, 3.05) is 7.11 Å². The molecule has 15 heavy (non-hydrogen) atoms. The smallest absolute Gasteiger partial charge is 0.341 e. The van der Waals surface area contributed by atoms with E-state index in [1.165, 1.54) is 7.11 Å². The number of rotatable bonds is 1. The van der Waals surface area contributed by atoms with Gasteiger partial charge in [0.05, 0.1) is 7.11 Å². The third-order valence-corrected chi connectivity index (χ3v) is 2.41. The third kappa shape index (κ3) is 1.68. The highest BCUT2D eigenvalue weighted by Crippen LogP contribution is 2.21. The highest BCUT2D eigenvalue weighted by atomic mass is 16.5. The number of hydrogen-bond donors (Lipinski definition) is 0. The predicted octanol–water partition coefficient (Wildman–Crippen LogP) is 1.37. The van der Waals surface area contributed by atoms with Crippen molar-refractivity contribution >= 4 is 17.8 Å². The van der Waals surface area contributed by atoms with Crippen LogP contribution in [0.3, 0.4) is 0 Å². The molecular formula is C12H10O3. The van der Waals surface area contributed by atoms with Crippen molar-refractivity contribution in [2.24, 2.45) is 0 Å². The summed E-state index contributed by atoms with van der Waals surface area (Å²) in [6.45, 7) is 0. The molecule has 0 amide bonds. The van der Waals surface area contributed by atoms with E-state index in [9.17, 15) is 9.59 Å². The fraction of sp³-hybridized carbons (Fsp3) is 0.167. The Morgan fingerprint density at radius 1 is 1.33 bits per heavy atom. The molecule has 3 heteroatoms. The van der Waals surface area contributed by atoms with Crippen molar-refractivity contribution < 1.29 is 14.3 Å². The standard InChI is InChI=1S/C12H10O3/c1-15-12(14)10-6-8-4-2-3-5-9(8)7-11(10)13/h2-6H,7H2,1H3. The minimum Gasteiger partial charge on any atom is -0.465 e. The average Bonchev–Trinajstić information content (AvgIpc) is 2.27. The second-order valence-corrected chi connectivity index (χ2v) is 3.35. The number of methoxy groups -OCH3 is 1. The van der Waals surface area contributed by atoms with Crippen LogP contribution in [0.1, 0.15) is 11.1 Å². The number of carbonyl (C=O) groups excluding carboxylic acids is 2. The van der Waals surface area contributed by atoms with Gasteiger partial charge in [0.15, 0.2) is 5.78 Å². The summed E-state index contributed by atoms with van der Waals surface area (Å²) >= 11 is 0. The molecule has 76 valence electrons. The van der Waals surface area contributed by atoms with Gasteiger partial charge in [-0.25, -0.2) is 4.79 Å². The first-order valence-electron chi connectivity index (χ1n) is 4.63. The van der Waals surface area contributed by atoms with E-state index in [0.29, 0.717) is 0 Å². The van der Waals surface area contributed by atoms with Gasteiger partial charge in [-0.05, 0) is 17.2 Å². The summed E-state index contributed by atoms with van der Waals surface area (Å²) in [5, 5.41) is 0. The molecule has 0 saturated heterocycles. The lowest BCUT2D eigenvalue weighted by molar-refractivity contribution is -0.137. The molecule has 0 N–H and O–H groups in total. The van der Waals surface area contributed by atoms with Gasteiger partial charge >= 0.3 is 5.97 Å². The predicted molar refractivity (Wildman–Crippen MR) is 55.1 cm³/mol. The van der Waals surface area contributed by atoms with E-state index in [1.807, 2.05) is 24.3 Å². The molecule has 0 radical (unpaired) electrons. The molecule has 0 fully saturated rings. The summed E-state index contributed by atoms with van der Waals surface area (Å²) < 4.78 is 4.55. The van der Waals surface area contributed by atoms with Crippen molar-refractivity contribution in [1.82, 2.24) is 0 Å². The quantitative estimate of drug-likeness (QED) is 0.510. The van der Waals surface area contributed by atoms with Crippen LogP contribution in [0.4, 0.5) is 0 Å². The topological polar surface area (TPSA) is 43.4 Å². The van der Waals surface area contributed by atoms with E-state index in [1.54, 1.807) is 6.08 Å². The lowest BCUT2D eigenvalue weighted by Crippen LogP contribution is -2.19. The van der Waals surface area contributed by atoms with Gasteiger partial charge in [-0.15, -0.1) is 0 Å². The summed E-state index contributed by atoms with van der Waals surface area (Å²) in [6, 6.07) is 7.52. The lowest BCUT2D eigenvalue weighted by atomic mass is 9.91. The Labute approximate surface area is 87.4 Å². The number of fused-ring (bicyclic) bond motifs is 1. The van der Waals surface area contributed by atoms with Gasteiger partial charge in [0.25, 0.3) is 0 Å². The molecule has 1 aliphatic rings. The molecule has 3 nitrogen and oxygen atoms in total. The normalized spacial score (nSPS) is 14.2. The monoisotopic (exact) mass is 202 g/mol. The molecule has 1 aromatic rings. The number of hydrogen-bond acceptors (Lipinski definition) is 3. The van der Waals surface area contributed by atoms with Crippen LogP contribution in [0.2, 0.25) is 0 Å². The van der Waals surface area contributed by atoms with Crippen LogP contribution < -0.4 is 0 Å². The molecule has 0 unspecified atom stereocenters. The van der Waals surface area contributed by atoms with Crippen LogP contribution in [-0.4, -0.2) is 18.9 Å². The summed E-state index contributed by atoms with van der Waals surface area (Å²) in [4.78, 5) is 22.9. The molecule has 0 bridgehead atoms. The largest absolute Gasteiger partial charge is 0.465 e. The first-order chi connectivity index (χ1) is 7.22. The Morgan fingerprint density at radius 3 is 2.80 bits per heavy atom.